The van der Waals surface area contributed by atoms with Gasteiger partial charge in [0.15, 0.2) is 0 Å². The number of nitriles is 1. The van der Waals surface area contributed by atoms with E-state index < -0.39 is 0 Å². The number of fused-ring (bicyclic) bond motifs is 1. The first-order chi connectivity index (χ1) is 13.7. The van der Waals surface area contributed by atoms with Crippen molar-refractivity contribution >= 4 is 11.8 Å². The number of anilines is 2. The molecule has 2 N–H and O–H groups in total. The Morgan fingerprint density at radius 1 is 1.11 bits per heavy atom. The van der Waals surface area contributed by atoms with Gasteiger partial charge in [0.05, 0.1) is 24.4 Å². The van der Waals surface area contributed by atoms with Crippen LogP contribution < -0.4 is 15.4 Å². The maximum absolute atomic E-state index is 9.22. The van der Waals surface area contributed by atoms with Crippen LogP contribution in [0.3, 0.4) is 0 Å². The van der Waals surface area contributed by atoms with E-state index in [4.69, 9.17) is 10.5 Å². The molecule has 0 bridgehead atoms. The Balaban J connectivity index is 1.70. The van der Waals surface area contributed by atoms with E-state index >= 15 is 0 Å². The van der Waals surface area contributed by atoms with E-state index in [0.29, 0.717) is 12.1 Å². The number of nitrogen functional groups attached to an aromatic ring is 1. The number of rotatable bonds is 3. The first kappa shape index (κ1) is 17.8. The van der Waals surface area contributed by atoms with Crippen molar-refractivity contribution in [2.24, 2.45) is 0 Å². The number of aryl methyl sites for hydroxylation is 1. The molecule has 0 fully saturated rings. The lowest BCUT2D eigenvalue weighted by molar-refractivity contribution is 0.415. The lowest BCUT2D eigenvalue weighted by Crippen LogP contribution is -2.24. The van der Waals surface area contributed by atoms with Gasteiger partial charge >= 0.3 is 0 Å². The summed E-state index contributed by atoms with van der Waals surface area (Å²) in [7, 11) is 1.64. The van der Waals surface area contributed by atoms with Gasteiger partial charge in [-0.2, -0.15) is 10.2 Å². The van der Waals surface area contributed by atoms with Crippen molar-refractivity contribution in [3.05, 3.63) is 65.2 Å². The van der Waals surface area contributed by atoms with Crippen molar-refractivity contribution in [2.75, 3.05) is 24.3 Å². The standard InChI is InChI=1S/C22H21N5O/c1-28-19-6-2-4-17(11-19)20-12-21(26-22(24)25-20)27-9-3-5-16-8-7-15(13-23)10-18(16)14-27/h2,4,6-8,10-12H,3,5,9,14H2,1H3,(H2,24,25,26). The quantitative estimate of drug-likeness (QED) is 0.757. The molecule has 1 aliphatic heterocycles. The summed E-state index contributed by atoms with van der Waals surface area (Å²) in [6.07, 6.45) is 2.00. The van der Waals surface area contributed by atoms with Gasteiger partial charge in [-0.1, -0.05) is 18.2 Å². The highest BCUT2D eigenvalue weighted by atomic mass is 16.5. The van der Waals surface area contributed by atoms with Crippen LogP contribution in [-0.4, -0.2) is 23.6 Å². The number of hydrogen-bond acceptors (Lipinski definition) is 6. The Bertz CT molecular complexity index is 1060. The predicted molar refractivity (Wildman–Crippen MR) is 109 cm³/mol. The zero-order chi connectivity index (χ0) is 19.5. The van der Waals surface area contributed by atoms with Crippen LogP contribution in [0.4, 0.5) is 11.8 Å². The van der Waals surface area contributed by atoms with E-state index in [9.17, 15) is 5.26 Å². The van der Waals surface area contributed by atoms with Crippen molar-refractivity contribution < 1.29 is 4.74 Å². The number of nitrogens with two attached hydrogens (primary N) is 1. The third-order valence-electron chi connectivity index (χ3n) is 4.99. The third kappa shape index (κ3) is 3.60. The molecule has 6 heteroatoms. The van der Waals surface area contributed by atoms with E-state index in [2.05, 4.69) is 27.0 Å². The molecule has 1 aliphatic rings. The Morgan fingerprint density at radius 2 is 2.00 bits per heavy atom. The number of benzene rings is 2. The second kappa shape index (κ2) is 7.57. The van der Waals surface area contributed by atoms with Crippen LogP contribution in [0.25, 0.3) is 11.3 Å². The molecule has 3 aromatic rings. The molecule has 6 nitrogen and oxygen atoms in total. The second-order valence-corrected chi connectivity index (χ2v) is 6.82. The molecule has 0 aliphatic carbocycles. The lowest BCUT2D eigenvalue weighted by Gasteiger charge is -2.23. The van der Waals surface area contributed by atoms with Crippen LogP contribution in [0.1, 0.15) is 23.1 Å². The summed E-state index contributed by atoms with van der Waals surface area (Å²) in [5.74, 6) is 1.80. The van der Waals surface area contributed by atoms with Crippen LogP contribution in [0.2, 0.25) is 0 Å². The molecule has 0 atom stereocenters. The molecule has 0 radical (unpaired) electrons. The second-order valence-electron chi connectivity index (χ2n) is 6.82. The Hall–Kier alpha value is -3.59. The van der Waals surface area contributed by atoms with Crippen LogP contribution in [0.5, 0.6) is 5.75 Å². The minimum absolute atomic E-state index is 0.241. The number of nitrogens with zero attached hydrogens (tertiary/aromatic N) is 4. The Kier molecular flexibility index (Phi) is 4.81. The van der Waals surface area contributed by atoms with Crippen LogP contribution in [-0.2, 0) is 13.0 Å². The molecule has 0 saturated carbocycles. The molecule has 0 saturated heterocycles. The lowest BCUT2D eigenvalue weighted by atomic mass is 10.0. The highest BCUT2D eigenvalue weighted by Crippen LogP contribution is 2.28. The summed E-state index contributed by atoms with van der Waals surface area (Å²) in [6, 6.07) is 17.8. The molecular formula is C22H21N5O. The van der Waals surface area contributed by atoms with Gasteiger partial charge in [-0.15, -0.1) is 0 Å². The molecule has 0 amide bonds. The van der Waals surface area contributed by atoms with Crippen molar-refractivity contribution in [2.45, 2.75) is 19.4 Å². The van der Waals surface area contributed by atoms with Gasteiger partial charge in [0.25, 0.3) is 0 Å². The largest absolute Gasteiger partial charge is 0.497 e. The molecular weight excluding hydrogens is 350 g/mol. The van der Waals surface area contributed by atoms with Crippen LogP contribution in [0.15, 0.2) is 48.5 Å². The van der Waals surface area contributed by atoms with E-state index in [0.717, 1.165) is 47.8 Å². The minimum atomic E-state index is 0.241. The normalized spacial score (nSPS) is 13.4. The first-order valence-corrected chi connectivity index (χ1v) is 9.22. The Morgan fingerprint density at radius 3 is 2.82 bits per heavy atom. The van der Waals surface area contributed by atoms with Gasteiger partial charge in [0, 0.05) is 24.7 Å². The van der Waals surface area contributed by atoms with Crippen LogP contribution in [0, 0.1) is 11.3 Å². The summed E-state index contributed by atoms with van der Waals surface area (Å²) in [5, 5.41) is 9.22. The van der Waals surface area contributed by atoms with E-state index in [1.54, 1.807) is 7.11 Å². The monoisotopic (exact) mass is 371 g/mol. The molecule has 28 heavy (non-hydrogen) atoms. The van der Waals surface area contributed by atoms with Gasteiger partial charge in [-0.05, 0) is 48.2 Å². The zero-order valence-corrected chi connectivity index (χ0v) is 15.7. The molecule has 2 aromatic carbocycles. The van der Waals surface area contributed by atoms with Gasteiger partial charge in [0.1, 0.15) is 11.6 Å². The predicted octanol–water partition coefficient (Wildman–Crippen LogP) is 3.56. The van der Waals surface area contributed by atoms with Crippen molar-refractivity contribution in [3.63, 3.8) is 0 Å². The third-order valence-corrected chi connectivity index (χ3v) is 4.99. The van der Waals surface area contributed by atoms with E-state index in [1.165, 1.54) is 5.56 Å². The highest BCUT2D eigenvalue weighted by Gasteiger charge is 2.18. The minimum Gasteiger partial charge on any atom is -0.497 e. The fourth-order valence-corrected chi connectivity index (χ4v) is 3.57. The van der Waals surface area contributed by atoms with Gasteiger partial charge in [-0.25, -0.2) is 4.98 Å². The SMILES string of the molecule is COc1cccc(-c2cc(N3CCCc4ccc(C#N)cc4C3)nc(N)n2)c1. The number of ether oxygens (including phenoxy) is 1. The number of hydrogen-bond donors (Lipinski definition) is 1. The maximum Gasteiger partial charge on any atom is 0.222 e. The highest BCUT2D eigenvalue weighted by molar-refractivity contribution is 5.66. The fourth-order valence-electron chi connectivity index (χ4n) is 3.57. The summed E-state index contributed by atoms with van der Waals surface area (Å²) in [5.41, 5.74) is 10.9. The van der Waals surface area contributed by atoms with E-state index in [-0.39, 0.29) is 5.95 Å². The van der Waals surface area contributed by atoms with E-state index in [1.807, 2.05) is 42.5 Å². The molecule has 1 aromatic heterocycles. The molecule has 2 heterocycles. The zero-order valence-electron chi connectivity index (χ0n) is 15.7. The Labute approximate surface area is 164 Å². The smallest absolute Gasteiger partial charge is 0.222 e. The first-order valence-electron chi connectivity index (χ1n) is 9.22. The summed E-state index contributed by atoms with van der Waals surface area (Å²) >= 11 is 0. The molecule has 0 spiro atoms. The number of aromatic nitrogens is 2. The fraction of sp³-hybridized carbons (Fsp3) is 0.227. The average molecular weight is 371 g/mol. The summed E-state index contributed by atoms with van der Waals surface area (Å²) in [6.45, 7) is 1.56. The maximum atomic E-state index is 9.22. The van der Waals surface area contributed by atoms with Crippen LogP contribution >= 0.6 is 0 Å². The molecule has 140 valence electrons. The van der Waals surface area contributed by atoms with Crippen molar-refractivity contribution in [1.29, 1.82) is 5.26 Å². The molecule has 4 rings (SSSR count). The summed E-state index contributed by atoms with van der Waals surface area (Å²) < 4.78 is 5.32. The number of methoxy groups -OCH3 is 1. The topological polar surface area (TPSA) is 88.1 Å². The molecule has 0 unspecified atom stereocenters. The van der Waals surface area contributed by atoms with Crippen molar-refractivity contribution in [3.8, 4) is 23.1 Å². The summed E-state index contributed by atoms with van der Waals surface area (Å²) in [4.78, 5) is 11.1. The van der Waals surface area contributed by atoms with Gasteiger partial charge in [0.2, 0.25) is 5.95 Å². The average Bonchev–Trinajstić information content (AvgIpc) is 2.95. The van der Waals surface area contributed by atoms with Gasteiger partial charge in [-0.3, -0.25) is 0 Å². The van der Waals surface area contributed by atoms with Gasteiger partial charge < -0.3 is 15.4 Å². The van der Waals surface area contributed by atoms with Crippen molar-refractivity contribution in [1.82, 2.24) is 9.97 Å².